The van der Waals surface area contributed by atoms with Gasteiger partial charge in [0.25, 0.3) is 5.69 Å². The Balaban J connectivity index is 1.32. The number of nitro groups is 1. The van der Waals surface area contributed by atoms with Crippen LogP contribution in [0.1, 0.15) is 55.7 Å². The number of carbonyl (C=O) groups is 2. The smallest absolute Gasteiger partial charge is 0.341 e. The molecular formula is C36H41N3O6. The molecule has 0 radical (unpaired) electrons. The summed E-state index contributed by atoms with van der Waals surface area (Å²) in [5, 5.41) is 11.3. The Kier molecular flexibility index (Phi) is 9.80. The minimum atomic E-state index is -1.54. The van der Waals surface area contributed by atoms with Gasteiger partial charge in [0, 0.05) is 42.3 Å². The second-order valence-corrected chi connectivity index (χ2v) is 12.0. The third-order valence-corrected chi connectivity index (χ3v) is 9.72. The first-order valence-corrected chi connectivity index (χ1v) is 15.5. The first kappa shape index (κ1) is 32.1. The number of piperidine rings is 1. The van der Waals surface area contributed by atoms with Crippen LogP contribution in [-0.4, -0.2) is 72.1 Å². The molecule has 3 aromatic rings. The van der Waals surface area contributed by atoms with Gasteiger partial charge in [-0.1, -0.05) is 78.9 Å². The zero-order valence-electron chi connectivity index (χ0n) is 26.1. The molecule has 5 rings (SSSR count). The summed E-state index contributed by atoms with van der Waals surface area (Å²) in [6.45, 7) is 6.48. The van der Waals surface area contributed by atoms with Crippen molar-refractivity contribution in [3.8, 4) is 0 Å². The van der Waals surface area contributed by atoms with Crippen molar-refractivity contribution < 1.29 is 24.0 Å². The van der Waals surface area contributed by atoms with E-state index >= 15 is 0 Å². The summed E-state index contributed by atoms with van der Waals surface area (Å²) in [4.78, 5) is 40.5. The number of nitro benzene ring substituents is 1. The number of hydrogen-bond acceptors (Lipinski definition) is 7. The molecule has 0 bridgehead atoms. The van der Waals surface area contributed by atoms with Crippen molar-refractivity contribution in [1.82, 2.24) is 9.80 Å². The molecular weight excluding hydrogens is 570 g/mol. The lowest BCUT2D eigenvalue weighted by Gasteiger charge is -2.48. The van der Waals surface area contributed by atoms with E-state index in [-0.39, 0.29) is 17.7 Å². The highest BCUT2D eigenvalue weighted by Crippen LogP contribution is 2.45. The van der Waals surface area contributed by atoms with Gasteiger partial charge in [0.2, 0.25) is 6.41 Å². The lowest BCUT2D eigenvalue weighted by atomic mass is 9.68. The summed E-state index contributed by atoms with van der Waals surface area (Å²) in [6.07, 6.45) is 5.16. The summed E-state index contributed by atoms with van der Waals surface area (Å²) < 4.78 is 11.9. The molecule has 3 aromatic carbocycles. The molecule has 236 valence electrons. The van der Waals surface area contributed by atoms with Crippen LogP contribution in [0.5, 0.6) is 0 Å². The van der Waals surface area contributed by atoms with Crippen molar-refractivity contribution in [3.63, 3.8) is 0 Å². The van der Waals surface area contributed by atoms with E-state index in [9.17, 15) is 19.7 Å². The van der Waals surface area contributed by atoms with Crippen LogP contribution in [0.4, 0.5) is 5.69 Å². The van der Waals surface area contributed by atoms with Crippen molar-refractivity contribution in [2.75, 3.05) is 33.4 Å². The molecule has 0 spiro atoms. The third kappa shape index (κ3) is 6.15. The van der Waals surface area contributed by atoms with Gasteiger partial charge in [-0.05, 0) is 62.9 Å². The SMILES string of the molecule is COC(=O)C1(OCCCN2CCC(c3ccccc3)(c3ccccc3)CC2)C(c2ccc([N+](=O)[O-])cc2)C=C(C)N(C=O)C1C. The molecule has 3 atom stereocenters. The van der Waals surface area contributed by atoms with Gasteiger partial charge in [0.05, 0.1) is 18.1 Å². The van der Waals surface area contributed by atoms with Gasteiger partial charge in [0.1, 0.15) is 0 Å². The maximum Gasteiger partial charge on any atom is 0.341 e. The number of allylic oxidation sites excluding steroid dienone is 1. The quantitative estimate of drug-likeness (QED) is 0.0882. The Labute approximate surface area is 264 Å². The summed E-state index contributed by atoms with van der Waals surface area (Å²) in [7, 11) is 1.31. The maximum absolute atomic E-state index is 13.6. The average molecular weight is 612 g/mol. The van der Waals surface area contributed by atoms with Gasteiger partial charge < -0.3 is 19.3 Å². The zero-order valence-corrected chi connectivity index (χ0v) is 26.1. The number of benzene rings is 3. The van der Waals surface area contributed by atoms with Crippen LogP contribution in [0.25, 0.3) is 0 Å². The van der Waals surface area contributed by atoms with Gasteiger partial charge in [-0.15, -0.1) is 0 Å². The zero-order chi connectivity index (χ0) is 32.0. The molecule has 9 nitrogen and oxygen atoms in total. The number of rotatable bonds is 11. The van der Waals surface area contributed by atoms with E-state index in [2.05, 4.69) is 65.6 Å². The number of non-ortho nitro benzene ring substituents is 1. The van der Waals surface area contributed by atoms with E-state index in [1.807, 2.05) is 6.08 Å². The second-order valence-electron chi connectivity index (χ2n) is 12.0. The Bertz CT molecular complexity index is 1460. The van der Waals surface area contributed by atoms with Crippen molar-refractivity contribution >= 4 is 18.1 Å². The number of methoxy groups -OCH3 is 1. The highest BCUT2D eigenvalue weighted by atomic mass is 16.6. The van der Waals surface area contributed by atoms with Gasteiger partial charge in [-0.3, -0.25) is 14.9 Å². The van der Waals surface area contributed by atoms with E-state index in [0.29, 0.717) is 24.1 Å². The van der Waals surface area contributed by atoms with E-state index in [1.54, 1.807) is 26.0 Å². The molecule has 1 saturated heterocycles. The summed E-state index contributed by atoms with van der Waals surface area (Å²) in [6, 6.07) is 26.9. The molecule has 9 heteroatoms. The van der Waals surface area contributed by atoms with Crippen LogP contribution in [0.2, 0.25) is 0 Å². The molecule has 0 aromatic heterocycles. The van der Waals surface area contributed by atoms with Gasteiger partial charge in [-0.2, -0.15) is 0 Å². The van der Waals surface area contributed by atoms with E-state index < -0.39 is 28.5 Å². The fourth-order valence-corrected chi connectivity index (χ4v) is 7.22. The predicted octanol–water partition coefficient (Wildman–Crippen LogP) is 5.84. The molecule has 1 fully saturated rings. The molecule has 45 heavy (non-hydrogen) atoms. The maximum atomic E-state index is 13.6. The van der Waals surface area contributed by atoms with Crippen molar-refractivity contribution in [3.05, 3.63) is 124 Å². The number of hydrogen-bond donors (Lipinski definition) is 0. The minimum Gasteiger partial charge on any atom is -0.467 e. The van der Waals surface area contributed by atoms with Crippen LogP contribution in [-0.2, 0) is 24.5 Å². The molecule has 2 aliphatic rings. The Hall–Kier alpha value is -4.34. The second kappa shape index (κ2) is 13.7. The lowest BCUT2D eigenvalue weighted by molar-refractivity contribution is -0.384. The first-order valence-electron chi connectivity index (χ1n) is 15.5. The van der Waals surface area contributed by atoms with Crippen LogP contribution in [0.15, 0.2) is 96.7 Å². The largest absolute Gasteiger partial charge is 0.467 e. The Morgan fingerprint density at radius 2 is 1.56 bits per heavy atom. The minimum absolute atomic E-state index is 0.0392. The highest BCUT2D eigenvalue weighted by Gasteiger charge is 2.56. The molecule has 0 N–H and O–H groups in total. The summed E-state index contributed by atoms with van der Waals surface area (Å²) >= 11 is 0. The van der Waals surface area contributed by atoms with Gasteiger partial charge >= 0.3 is 5.97 Å². The highest BCUT2D eigenvalue weighted by molar-refractivity contribution is 5.84. The predicted molar refractivity (Wildman–Crippen MR) is 172 cm³/mol. The Morgan fingerprint density at radius 3 is 2.07 bits per heavy atom. The third-order valence-electron chi connectivity index (χ3n) is 9.72. The van der Waals surface area contributed by atoms with Crippen molar-refractivity contribution in [2.45, 2.75) is 56.1 Å². The number of amides is 1. The molecule has 3 unspecified atom stereocenters. The van der Waals surface area contributed by atoms with Gasteiger partial charge in [-0.25, -0.2) is 4.79 Å². The Morgan fingerprint density at radius 1 is 0.978 bits per heavy atom. The number of carbonyl (C=O) groups excluding carboxylic acids is 2. The number of likely N-dealkylation sites (tertiary alicyclic amines) is 1. The number of nitrogens with zero attached hydrogens (tertiary/aromatic N) is 3. The molecule has 2 heterocycles. The number of ether oxygens (including phenoxy) is 2. The van der Waals surface area contributed by atoms with Crippen LogP contribution >= 0.6 is 0 Å². The van der Waals surface area contributed by atoms with Crippen LogP contribution in [0.3, 0.4) is 0 Å². The fourth-order valence-electron chi connectivity index (χ4n) is 7.22. The molecule has 2 aliphatic heterocycles. The lowest BCUT2D eigenvalue weighted by Crippen LogP contribution is -2.63. The average Bonchev–Trinajstić information content (AvgIpc) is 3.08. The summed E-state index contributed by atoms with van der Waals surface area (Å²) in [5.41, 5.74) is 2.38. The monoisotopic (exact) mass is 611 g/mol. The first-order chi connectivity index (χ1) is 21.8. The molecule has 1 amide bonds. The normalized spacial score (nSPS) is 23.2. The van der Waals surface area contributed by atoms with E-state index in [4.69, 9.17) is 9.47 Å². The van der Waals surface area contributed by atoms with Crippen molar-refractivity contribution in [2.24, 2.45) is 0 Å². The van der Waals surface area contributed by atoms with E-state index in [1.165, 1.54) is 35.3 Å². The van der Waals surface area contributed by atoms with E-state index in [0.717, 1.165) is 32.5 Å². The molecule has 0 saturated carbocycles. The van der Waals surface area contributed by atoms with Crippen LogP contribution < -0.4 is 0 Å². The molecule has 0 aliphatic carbocycles. The topological polar surface area (TPSA) is 102 Å². The fraction of sp³-hybridized carbons (Fsp3) is 0.389. The van der Waals surface area contributed by atoms with Crippen LogP contribution in [0, 0.1) is 10.1 Å². The van der Waals surface area contributed by atoms with Gasteiger partial charge in [0.15, 0.2) is 5.60 Å². The van der Waals surface area contributed by atoms with Crippen molar-refractivity contribution in [1.29, 1.82) is 0 Å². The number of esters is 1. The standard InChI is InChI=1S/C36H41N3O6/c1-27-25-33(29-15-17-32(18-16-29)39(42)43)36(34(41)44-3,28(2)38(27)26-40)45-24-10-21-37-22-19-35(20-23-37,30-11-6-4-7-12-30)31-13-8-5-9-14-31/h4-9,11-18,25-26,28,33H,10,19-24H2,1-3H3. The summed E-state index contributed by atoms with van der Waals surface area (Å²) in [5.74, 6) is -1.22.